The second-order valence-electron chi connectivity index (χ2n) is 2.79. The quantitative estimate of drug-likeness (QED) is 0.465. The molecule has 0 aromatic carbocycles. The fourth-order valence-corrected chi connectivity index (χ4v) is 0.588. The van der Waals surface area contributed by atoms with Gasteiger partial charge in [0.15, 0.2) is 11.6 Å². The number of aliphatic hydroxyl groups excluding tert-OH is 2. The summed E-state index contributed by atoms with van der Waals surface area (Å²) in [7, 11) is 0. The SMILES string of the molecule is CC(=O)/C=C(/C)O.CC(=O)/C=C(\C)O.[Cd]. The molecule has 0 radical (unpaired) electrons. The average Bonchev–Trinajstić information content (AvgIpc) is 1.79. The summed E-state index contributed by atoms with van der Waals surface area (Å²) in [5.74, 6) is -0.125. The van der Waals surface area contributed by atoms with Crippen LogP contribution in [0.3, 0.4) is 0 Å². The van der Waals surface area contributed by atoms with Gasteiger partial charge in [0, 0.05) is 39.5 Å². The van der Waals surface area contributed by atoms with Gasteiger partial charge in [0.05, 0.1) is 11.5 Å². The van der Waals surface area contributed by atoms with Crippen LogP contribution in [0.5, 0.6) is 0 Å². The third-order valence-electron chi connectivity index (χ3n) is 0.824. The van der Waals surface area contributed by atoms with Crippen molar-refractivity contribution in [2.45, 2.75) is 27.7 Å². The van der Waals surface area contributed by atoms with E-state index in [1.165, 1.54) is 39.8 Å². The van der Waals surface area contributed by atoms with Crippen LogP contribution in [0.4, 0.5) is 0 Å². The Kier molecular flexibility index (Phi) is 15.1. The number of carbonyl (C=O) groups is 2. The Morgan fingerprint density at radius 1 is 0.800 bits per heavy atom. The van der Waals surface area contributed by atoms with E-state index >= 15 is 0 Å². The Morgan fingerprint density at radius 2 is 1.00 bits per heavy atom. The third-order valence-corrected chi connectivity index (χ3v) is 0.824. The first-order chi connectivity index (χ1) is 6.25. The van der Waals surface area contributed by atoms with E-state index in [1.807, 2.05) is 0 Å². The molecular formula is C10H16CdO4. The molecule has 0 rings (SSSR count). The Balaban J connectivity index is -0.000000180. The molecule has 0 aliphatic heterocycles. The molecule has 0 fully saturated rings. The largest absolute Gasteiger partial charge is 0.512 e. The van der Waals surface area contributed by atoms with Gasteiger partial charge in [-0.2, -0.15) is 0 Å². The number of rotatable bonds is 2. The van der Waals surface area contributed by atoms with E-state index < -0.39 is 0 Å². The fraction of sp³-hybridized carbons (Fsp3) is 0.400. The van der Waals surface area contributed by atoms with Crippen LogP contribution < -0.4 is 0 Å². The summed E-state index contributed by atoms with van der Waals surface area (Å²) in [6, 6.07) is 0. The Hall–Kier alpha value is -0.658. The predicted octanol–water partition coefficient (Wildman–Crippen LogP) is 2.07. The minimum Gasteiger partial charge on any atom is -0.512 e. The molecule has 0 aromatic heterocycles. The molecule has 0 unspecified atom stereocenters. The van der Waals surface area contributed by atoms with Crippen LogP contribution >= 0.6 is 0 Å². The van der Waals surface area contributed by atoms with Crippen molar-refractivity contribution in [3.05, 3.63) is 23.7 Å². The predicted molar refractivity (Wildman–Crippen MR) is 54.1 cm³/mol. The molecule has 2 N–H and O–H groups in total. The number of ketones is 2. The number of hydrogen-bond acceptors (Lipinski definition) is 4. The number of aliphatic hydroxyl groups is 2. The third kappa shape index (κ3) is 31.8. The van der Waals surface area contributed by atoms with Crippen molar-refractivity contribution < 1.29 is 47.1 Å². The van der Waals surface area contributed by atoms with Gasteiger partial charge in [-0.05, 0) is 27.7 Å². The second kappa shape index (κ2) is 11.4. The fourth-order valence-electron chi connectivity index (χ4n) is 0.588. The molecule has 0 aliphatic carbocycles. The number of hydrogen-bond donors (Lipinski definition) is 2. The van der Waals surface area contributed by atoms with Gasteiger partial charge >= 0.3 is 0 Å². The van der Waals surface area contributed by atoms with Gasteiger partial charge in [-0.1, -0.05) is 0 Å². The van der Waals surface area contributed by atoms with Gasteiger partial charge in [0.2, 0.25) is 0 Å². The zero-order valence-corrected chi connectivity index (χ0v) is 13.6. The van der Waals surface area contributed by atoms with Gasteiger partial charge in [-0.3, -0.25) is 9.59 Å². The normalized spacial score (nSPS) is 10.7. The van der Waals surface area contributed by atoms with Gasteiger partial charge in [0.1, 0.15) is 0 Å². The van der Waals surface area contributed by atoms with Gasteiger partial charge < -0.3 is 10.2 Å². The van der Waals surface area contributed by atoms with Crippen molar-refractivity contribution in [1.82, 2.24) is 0 Å². The maximum atomic E-state index is 10.0. The van der Waals surface area contributed by atoms with Crippen LogP contribution in [0.15, 0.2) is 23.7 Å². The summed E-state index contributed by atoms with van der Waals surface area (Å²) in [5.41, 5.74) is 0. The molecule has 0 saturated carbocycles. The topological polar surface area (TPSA) is 74.6 Å². The molecule has 0 heterocycles. The zero-order chi connectivity index (χ0) is 11.7. The van der Waals surface area contributed by atoms with Crippen molar-refractivity contribution in [1.29, 1.82) is 0 Å². The summed E-state index contributed by atoms with van der Waals surface area (Å²) in [6.07, 6.45) is 2.33. The maximum absolute atomic E-state index is 10.0. The van der Waals surface area contributed by atoms with E-state index in [0.717, 1.165) is 0 Å². The molecule has 0 aromatic rings. The smallest absolute Gasteiger partial charge is 0.155 e. The molecule has 5 heteroatoms. The molecule has 15 heavy (non-hydrogen) atoms. The number of carbonyl (C=O) groups excluding carboxylic acids is 2. The summed E-state index contributed by atoms with van der Waals surface area (Å²) in [4.78, 5) is 20.0. The van der Waals surface area contributed by atoms with Crippen LogP contribution in [-0.2, 0) is 36.9 Å². The molecule has 0 amide bonds. The van der Waals surface area contributed by atoms with E-state index in [9.17, 15) is 9.59 Å². The van der Waals surface area contributed by atoms with Crippen LogP contribution in [0, 0.1) is 0 Å². The van der Waals surface area contributed by atoms with E-state index in [2.05, 4.69) is 0 Å². The first-order valence-electron chi connectivity index (χ1n) is 4.01. The Labute approximate surface area is 110 Å². The van der Waals surface area contributed by atoms with Gasteiger partial charge in [-0.25, -0.2) is 0 Å². The first kappa shape index (κ1) is 19.8. The van der Waals surface area contributed by atoms with Gasteiger partial charge in [0.25, 0.3) is 0 Å². The summed E-state index contributed by atoms with van der Waals surface area (Å²) >= 11 is 0. The minimum atomic E-state index is -0.125. The zero-order valence-electron chi connectivity index (χ0n) is 9.57. The molecule has 0 spiro atoms. The van der Waals surface area contributed by atoms with Gasteiger partial charge in [-0.15, -0.1) is 0 Å². The van der Waals surface area contributed by atoms with E-state index in [0.29, 0.717) is 0 Å². The molecule has 4 nitrogen and oxygen atoms in total. The van der Waals surface area contributed by atoms with Crippen molar-refractivity contribution >= 4 is 11.6 Å². The molecule has 0 saturated heterocycles. The molecule has 0 aliphatic rings. The van der Waals surface area contributed by atoms with E-state index in [1.54, 1.807) is 0 Å². The van der Waals surface area contributed by atoms with Crippen molar-refractivity contribution in [3.63, 3.8) is 0 Å². The average molecular weight is 313 g/mol. The summed E-state index contributed by atoms with van der Waals surface area (Å²) < 4.78 is 0. The molecule has 0 atom stereocenters. The standard InChI is InChI=1S/2C5H8O2.Cd/c2*1-4(6)3-5(2)7;/h2*3,6H,1-2H3;/b4-3+;4-3-;. The summed E-state index contributed by atoms with van der Waals surface area (Å²) in [6.45, 7) is 5.70. The second-order valence-corrected chi connectivity index (χ2v) is 2.79. The minimum absolute atomic E-state index is 0. The Morgan fingerprint density at radius 3 is 1.00 bits per heavy atom. The molecule has 0 bridgehead atoms. The van der Waals surface area contributed by atoms with Crippen molar-refractivity contribution in [3.8, 4) is 0 Å². The maximum Gasteiger partial charge on any atom is 0.155 e. The molecule has 82 valence electrons. The molecular weight excluding hydrogens is 297 g/mol. The number of allylic oxidation sites excluding steroid dienone is 4. The summed E-state index contributed by atoms with van der Waals surface area (Å²) in [5, 5.41) is 16.7. The van der Waals surface area contributed by atoms with Crippen molar-refractivity contribution in [2.24, 2.45) is 0 Å². The van der Waals surface area contributed by atoms with Crippen LogP contribution in [0.25, 0.3) is 0 Å². The Bertz CT molecular complexity index is 231. The van der Waals surface area contributed by atoms with Crippen LogP contribution in [0.1, 0.15) is 27.7 Å². The van der Waals surface area contributed by atoms with Crippen LogP contribution in [0.2, 0.25) is 0 Å². The van der Waals surface area contributed by atoms with Crippen LogP contribution in [-0.4, -0.2) is 21.8 Å². The van der Waals surface area contributed by atoms with E-state index in [-0.39, 0.29) is 50.4 Å². The van der Waals surface area contributed by atoms with Crippen molar-refractivity contribution in [2.75, 3.05) is 0 Å². The first-order valence-corrected chi connectivity index (χ1v) is 4.01. The monoisotopic (exact) mass is 314 g/mol. The van der Waals surface area contributed by atoms with E-state index in [4.69, 9.17) is 10.2 Å².